The molecule has 1 aliphatic carbocycles. The van der Waals surface area contributed by atoms with Gasteiger partial charge in [-0.2, -0.15) is 16.9 Å². The molecule has 1 saturated carbocycles. The van der Waals surface area contributed by atoms with Crippen LogP contribution < -0.4 is 5.73 Å². The lowest BCUT2D eigenvalue weighted by Gasteiger charge is -2.07. The highest BCUT2D eigenvalue weighted by Crippen LogP contribution is 2.29. The number of thioether (sulfide) groups is 1. The van der Waals surface area contributed by atoms with Crippen LogP contribution in [0.3, 0.4) is 0 Å². The second-order valence-electron chi connectivity index (χ2n) is 4.13. The van der Waals surface area contributed by atoms with E-state index in [-0.39, 0.29) is 0 Å². The minimum atomic E-state index is 0.624. The van der Waals surface area contributed by atoms with Crippen LogP contribution in [0.15, 0.2) is 12.3 Å². The molecule has 84 valence electrons. The fraction of sp³-hybridized carbons (Fsp3) is 0.727. The molecule has 0 radical (unpaired) electrons. The van der Waals surface area contributed by atoms with Gasteiger partial charge in [0.2, 0.25) is 0 Å². The Morgan fingerprint density at radius 1 is 1.47 bits per heavy atom. The maximum Gasteiger partial charge on any atom is 0.145 e. The van der Waals surface area contributed by atoms with Crippen molar-refractivity contribution in [1.29, 1.82) is 0 Å². The molecule has 0 atom stereocenters. The first-order valence-corrected chi connectivity index (χ1v) is 6.80. The van der Waals surface area contributed by atoms with Gasteiger partial charge < -0.3 is 5.73 Å². The van der Waals surface area contributed by atoms with Crippen molar-refractivity contribution in [3.63, 3.8) is 0 Å². The van der Waals surface area contributed by atoms with Gasteiger partial charge in [0.15, 0.2) is 0 Å². The number of nitrogen functional groups attached to an aromatic ring is 1. The number of hydrogen-bond acceptors (Lipinski definition) is 3. The molecule has 1 aromatic rings. The van der Waals surface area contributed by atoms with Crippen molar-refractivity contribution in [1.82, 2.24) is 9.78 Å². The molecule has 0 aromatic carbocycles. The van der Waals surface area contributed by atoms with Gasteiger partial charge in [0.1, 0.15) is 5.82 Å². The number of nitrogens with zero attached hydrogens (tertiary/aromatic N) is 2. The Bertz CT molecular complexity index is 292. The van der Waals surface area contributed by atoms with Gasteiger partial charge in [0, 0.05) is 18.0 Å². The van der Waals surface area contributed by atoms with Gasteiger partial charge in [-0.15, -0.1) is 0 Å². The molecule has 0 spiro atoms. The van der Waals surface area contributed by atoms with Gasteiger partial charge in [-0.3, -0.25) is 4.68 Å². The number of nitrogens with two attached hydrogens (primary N) is 1. The average Bonchev–Trinajstić information content (AvgIpc) is 2.84. The summed E-state index contributed by atoms with van der Waals surface area (Å²) < 4.78 is 1.94. The molecule has 3 nitrogen and oxygen atoms in total. The van der Waals surface area contributed by atoms with E-state index in [4.69, 9.17) is 5.73 Å². The van der Waals surface area contributed by atoms with E-state index in [0.29, 0.717) is 5.82 Å². The second-order valence-corrected chi connectivity index (χ2v) is 5.54. The molecule has 4 heteroatoms. The number of hydrogen-bond donors (Lipinski definition) is 1. The van der Waals surface area contributed by atoms with Crippen LogP contribution in [0, 0.1) is 0 Å². The first-order valence-electron chi connectivity index (χ1n) is 5.75. The molecule has 1 heterocycles. The van der Waals surface area contributed by atoms with Crippen LogP contribution in [0.25, 0.3) is 0 Å². The number of anilines is 1. The van der Waals surface area contributed by atoms with Crippen LogP contribution in [0.4, 0.5) is 5.82 Å². The number of rotatable bonds is 5. The summed E-state index contributed by atoms with van der Waals surface area (Å²) in [5, 5.41) is 5.10. The Labute approximate surface area is 95.4 Å². The Balaban J connectivity index is 1.58. The summed E-state index contributed by atoms with van der Waals surface area (Å²) in [4.78, 5) is 0. The molecule has 1 fully saturated rings. The normalized spacial score (nSPS) is 17.3. The highest BCUT2D eigenvalue weighted by Gasteiger charge is 2.14. The van der Waals surface area contributed by atoms with Gasteiger partial charge in [0.05, 0.1) is 0 Å². The fourth-order valence-electron chi connectivity index (χ4n) is 2.03. The molecule has 0 amide bonds. The summed E-state index contributed by atoms with van der Waals surface area (Å²) in [6, 6.07) is 1.85. The molecule has 1 aliphatic rings. The lowest BCUT2D eigenvalue weighted by molar-refractivity contribution is 0.608. The van der Waals surface area contributed by atoms with Gasteiger partial charge >= 0.3 is 0 Å². The number of aromatic nitrogens is 2. The van der Waals surface area contributed by atoms with Gasteiger partial charge in [-0.25, -0.2) is 0 Å². The minimum Gasteiger partial charge on any atom is -0.382 e. The highest BCUT2D eigenvalue weighted by atomic mass is 32.2. The summed E-state index contributed by atoms with van der Waals surface area (Å²) in [5.41, 5.74) is 5.55. The summed E-state index contributed by atoms with van der Waals surface area (Å²) >= 11 is 2.14. The molecule has 0 bridgehead atoms. The Hall–Kier alpha value is -0.640. The van der Waals surface area contributed by atoms with E-state index < -0.39 is 0 Å². The van der Waals surface area contributed by atoms with Crippen molar-refractivity contribution >= 4 is 17.6 Å². The molecule has 0 aliphatic heterocycles. The molecule has 0 unspecified atom stereocenters. The second kappa shape index (κ2) is 5.45. The lowest BCUT2D eigenvalue weighted by Crippen LogP contribution is -2.02. The zero-order valence-corrected chi connectivity index (χ0v) is 9.88. The smallest absolute Gasteiger partial charge is 0.145 e. The lowest BCUT2D eigenvalue weighted by atomic mass is 10.4. The molecule has 1 aromatic heterocycles. The van der Waals surface area contributed by atoms with Crippen LogP contribution in [0.5, 0.6) is 0 Å². The SMILES string of the molecule is Nc1ccn(CCCSC2CCCC2)n1. The van der Waals surface area contributed by atoms with Crippen LogP contribution in [-0.2, 0) is 6.54 Å². The maximum atomic E-state index is 5.55. The van der Waals surface area contributed by atoms with E-state index in [2.05, 4.69) is 16.9 Å². The van der Waals surface area contributed by atoms with Gasteiger partial charge in [0.25, 0.3) is 0 Å². The van der Waals surface area contributed by atoms with Crippen molar-refractivity contribution in [3.05, 3.63) is 12.3 Å². The molecule has 2 N–H and O–H groups in total. The van der Waals surface area contributed by atoms with E-state index in [1.54, 1.807) is 0 Å². The maximum absolute atomic E-state index is 5.55. The van der Waals surface area contributed by atoms with Crippen molar-refractivity contribution in [3.8, 4) is 0 Å². The number of aryl methyl sites for hydroxylation is 1. The van der Waals surface area contributed by atoms with Crippen molar-refractivity contribution < 1.29 is 0 Å². The van der Waals surface area contributed by atoms with E-state index in [1.165, 1.54) is 37.9 Å². The summed E-state index contributed by atoms with van der Waals surface area (Å²) in [5.74, 6) is 1.88. The third-order valence-electron chi connectivity index (χ3n) is 2.85. The van der Waals surface area contributed by atoms with Gasteiger partial charge in [-0.05, 0) is 31.1 Å². The van der Waals surface area contributed by atoms with Crippen LogP contribution >= 0.6 is 11.8 Å². The zero-order valence-electron chi connectivity index (χ0n) is 9.06. The van der Waals surface area contributed by atoms with Crippen molar-refractivity contribution in [2.75, 3.05) is 11.5 Å². The van der Waals surface area contributed by atoms with Crippen molar-refractivity contribution in [2.45, 2.75) is 43.9 Å². The molecular weight excluding hydrogens is 206 g/mol. The van der Waals surface area contributed by atoms with Gasteiger partial charge in [-0.1, -0.05) is 12.8 Å². The zero-order chi connectivity index (χ0) is 10.5. The quantitative estimate of drug-likeness (QED) is 0.783. The summed E-state index contributed by atoms with van der Waals surface area (Å²) in [6.45, 7) is 0.997. The van der Waals surface area contributed by atoms with E-state index >= 15 is 0 Å². The summed E-state index contributed by atoms with van der Waals surface area (Å²) in [6.07, 6.45) is 8.89. The van der Waals surface area contributed by atoms with E-state index in [1.807, 2.05) is 16.9 Å². The topological polar surface area (TPSA) is 43.8 Å². The van der Waals surface area contributed by atoms with Crippen LogP contribution in [-0.4, -0.2) is 20.8 Å². The Kier molecular flexibility index (Phi) is 3.94. The van der Waals surface area contributed by atoms with E-state index in [9.17, 15) is 0 Å². The summed E-state index contributed by atoms with van der Waals surface area (Å²) in [7, 11) is 0. The monoisotopic (exact) mass is 225 g/mol. The largest absolute Gasteiger partial charge is 0.382 e. The van der Waals surface area contributed by atoms with Crippen LogP contribution in [0.2, 0.25) is 0 Å². The van der Waals surface area contributed by atoms with Crippen molar-refractivity contribution in [2.24, 2.45) is 0 Å². The third-order valence-corrected chi connectivity index (χ3v) is 4.32. The standard InChI is InChI=1S/C11H19N3S/c12-11-6-8-14(13-11)7-3-9-15-10-4-1-2-5-10/h6,8,10H,1-5,7,9H2,(H2,12,13). The first kappa shape index (κ1) is 10.9. The predicted molar refractivity (Wildman–Crippen MR) is 66.0 cm³/mol. The molecular formula is C11H19N3S. The molecule has 15 heavy (non-hydrogen) atoms. The van der Waals surface area contributed by atoms with E-state index in [0.717, 1.165) is 11.8 Å². The third kappa shape index (κ3) is 3.45. The first-order chi connectivity index (χ1) is 7.34. The fourth-order valence-corrected chi connectivity index (χ4v) is 3.33. The average molecular weight is 225 g/mol. The Morgan fingerprint density at radius 3 is 2.93 bits per heavy atom. The highest BCUT2D eigenvalue weighted by molar-refractivity contribution is 7.99. The minimum absolute atomic E-state index is 0.624. The van der Waals surface area contributed by atoms with Crippen LogP contribution in [0.1, 0.15) is 32.1 Å². The predicted octanol–water partition coefficient (Wildman–Crippen LogP) is 2.53. The Morgan fingerprint density at radius 2 is 2.27 bits per heavy atom. The molecule has 2 rings (SSSR count). The molecule has 0 saturated heterocycles.